The highest BCUT2D eigenvalue weighted by Crippen LogP contribution is 2.31. The number of nitrogens with two attached hydrogens (primary N) is 1. The van der Waals surface area contributed by atoms with Gasteiger partial charge in [0.2, 0.25) is 0 Å². The third-order valence-electron chi connectivity index (χ3n) is 3.15. The number of nitrogens with zero attached hydrogens (tertiary/aromatic N) is 1. The van der Waals surface area contributed by atoms with Crippen molar-refractivity contribution < 1.29 is 13.2 Å². The largest absolute Gasteiger partial charge is 0.316 e. The van der Waals surface area contributed by atoms with E-state index in [9.17, 15) is 13.2 Å². The monoisotopic (exact) mass is 266 g/mol. The molecule has 0 bridgehead atoms. The standard InChI is InChI=1S/C14H13F3N2/c1-2-14(18,13-6-4-10(16)8-19-13)11-7-9(15)3-5-12(11)17/h3-8H,2,18H2,1H3. The van der Waals surface area contributed by atoms with Crippen LogP contribution in [0.2, 0.25) is 0 Å². The molecule has 1 aromatic heterocycles. The molecule has 0 aliphatic heterocycles. The van der Waals surface area contributed by atoms with Crippen molar-refractivity contribution in [3.8, 4) is 0 Å². The number of halogens is 3. The van der Waals surface area contributed by atoms with Crippen LogP contribution in [0.1, 0.15) is 24.6 Å². The van der Waals surface area contributed by atoms with Crippen molar-refractivity contribution in [3.63, 3.8) is 0 Å². The quantitative estimate of drug-likeness (QED) is 0.927. The van der Waals surface area contributed by atoms with Crippen LogP contribution in [0, 0.1) is 17.5 Å². The van der Waals surface area contributed by atoms with Gasteiger partial charge >= 0.3 is 0 Å². The van der Waals surface area contributed by atoms with E-state index in [4.69, 9.17) is 5.73 Å². The van der Waals surface area contributed by atoms with Crippen molar-refractivity contribution in [2.24, 2.45) is 5.73 Å². The van der Waals surface area contributed by atoms with Crippen LogP contribution in [0.25, 0.3) is 0 Å². The molecule has 0 aliphatic rings. The van der Waals surface area contributed by atoms with E-state index >= 15 is 0 Å². The maximum Gasteiger partial charge on any atom is 0.141 e. The Morgan fingerprint density at radius 1 is 1.11 bits per heavy atom. The zero-order valence-electron chi connectivity index (χ0n) is 10.3. The predicted molar refractivity (Wildman–Crippen MR) is 65.8 cm³/mol. The molecule has 2 nitrogen and oxygen atoms in total. The Hall–Kier alpha value is -1.88. The van der Waals surface area contributed by atoms with E-state index in [0.717, 1.165) is 24.4 Å². The number of benzene rings is 1. The fraction of sp³-hybridized carbons (Fsp3) is 0.214. The molecular formula is C14H13F3N2. The van der Waals surface area contributed by atoms with Crippen molar-refractivity contribution in [2.45, 2.75) is 18.9 Å². The zero-order chi connectivity index (χ0) is 14.0. The summed E-state index contributed by atoms with van der Waals surface area (Å²) in [5, 5.41) is 0. The van der Waals surface area contributed by atoms with Crippen LogP contribution in [0.5, 0.6) is 0 Å². The lowest BCUT2D eigenvalue weighted by Gasteiger charge is -2.28. The fourth-order valence-electron chi connectivity index (χ4n) is 1.99. The summed E-state index contributed by atoms with van der Waals surface area (Å²) in [5.74, 6) is -1.71. The lowest BCUT2D eigenvalue weighted by molar-refractivity contribution is 0.460. The second-order valence-corrected chi connectivity index (χ2v) is 4.31. The van der Waals surface area contributed by atoms with E-state index in [0.29, 0.717) is 12.1 Å². The summed E-state index contributed by atoms with van der Waals surface area (Å²) in [7, 11) is 0. The Kier molecular flexibility index (Phi) is 3.57. The minimum Gasteiger partial charge on any atom is -0.316 e. The maximum atomic E-state index is 13.9. The Balaban J connectivity index is 2.59. The predicted octanol–water partition coefficient (Wildman–Crippen LogP) is 3.11. The lowest BCUT2D eigenvalue weighted by atomic mass is 9.84. The molecule has 0 saturated heterocycles. The third kappa shape index (κ3) is 2.46. The summed E-state index contributed by atoms with van der Waals surface area (Å²) >= 11 is 0. The number of pyridine rings is 1. The molecular weight excluding hydrogens is 253 g/mol. The van der Waals surface area contributed by atoms with Crippen molar-refractivity contribution in [1.29, 1.82) is 0 Å². The van der Waals surface area contributed by atoms with Gasteiger partial charge in [0.15, 0.2) is 0 Å². The van der Waals surface area contributed by atoms with Crippen LogP contribution in [-0.4, -0.2) is 4.98 Å². The molecule has 0 saturated carbocycles. The zero-order valence-corrected chi connectivity index (χ0v) is 10.3. The maximum absolute atomic E-state index is 13.9. The van der Waals surface area contributed by atoms with Crippen LogP contribution < -0.4 is 5.73 Å². The van der Waals surface area contributed by atoms with Gasteiger partial charge in [-0.2, -0.15) is 0 Å². The third-order valence-corrected chi connectivity index (χ3v) is 3.15. The van der Waals surface area contributed by atoms with Gasteiger partial charge in [-0.05, 0) is 36.8 Å². The van der Waals surface area contributed by atoms with Crippen LogP contribution in [0.3, 0.4) is 0 Å². The molecule has 0 fully saturated rings. The van der Waals surface area contributed by atoms with Gasteiger partial charge in [-0.25, -0.2) is 13.2 Å². The summed E-state index contributed by atoms with van der Waals surface area (Å²) in [5.41, 5.74) is 5.18. The van der Waals surface area contributed by atoms with Crippen LogP contribution in [-0.2, 0) is 5.54 Å². The first-order chi connectivity index (χ1) is 8.97. The van der Waals surface area contributed by atoms with Gasteiger partial charge in [0.25, 0.3) is 0 Å². The average molecular weight is 266 g/mol. The van der Waals surface area contributed by atoms with Crippen molar-refractivity contribution >= 4 is 0 Å². The highest BCUT2D eigenvalue weighted by atomic mass is 19.1. The molecule has 100 valence electrons. The van der Waals surface area contributed by atoms with Crippen LogP contribution >= 0.6 is 0 Å². The molecule has 1 heterocycles. The number of rotatable bonds is 3. The molecule has 1 aromatic carbocycles. The first-order valence-corrected chi connectivity index (χ1v) is 5.84. The van der Waals surface area contributed by atoms with Gasteiger partial charge < -0.3 is 5.73 Å². The van der Waals surface area contributed by atoms with E-state index < -0.39 is 23.0 Å². The topological polar surface area (TPSA) is 38.9 Å². The Bertz CT molecular complexity index is 584. The van der Waals surface area contributed by atoms with Crippen molar-refractivity contribution in [1.82, 2.24) is 4.98 Å². The average Bonchev–Trinajstić information content (AvgIpc) is 2.41. The van der Waals surface area contributed by atoms with Gasteiger partial charge in [0, 0.05) is 5.56 Å². The van der Waals surface area contributed by atoms with Crippen LogP contribution in [0.15, 0.2) is 36.5 Å². The number of hydrogen-bond acceptors (Lipinski definition) is 2. The molecule has 19 heavy (non-hydrogen) atoms. The molecule has 1 unspecified atom stereocenters. The second kappa shape index (κ2) is 5.01. The minimum atomic E-state index is -1.29. The van der Waals surface area contributed by atoms with Gasteiger partial charge in [0.05, 0.1) is 17.4 Å². The summed E-state index contributed by atoms with van der Waals surface area (Å²) in [6.45, 7) is 1.73. The van der Waals surface area contributed by atoms with Crippen molar-refractivity contribution in [2.75, 3.05) is 0 Å². The van der Waals surface area contributed by atoms with Crippen LogP contribution in [0.4, 0.5) is 13.2 Å². The van der Waals surface area contributed by atoms with Gasteiger partial charge in [-0.3, -0.25) is 4.98 Å². The van der Waals surface area contributed by atoms with E-state index in [1.807, 2.05) is 0 Å². The molecule has 2 rings (SSSR count). The minimum absolute atomic E-state index is 0.00843. The smallest absolute Gasteiger partial charge is 0.141 e. The summed E-state index contributed by atoms with van der Waals surface area (Å²) in [4.78, 5) is 3.88. The van der Waals surface area contributed by atoms with Crippen molar-refractivity contribution in [3.05, 3.63) is 65.2 Å². The Labute approximate surface area is 109 Å². The Morgan fingerprint density at radius 3 is 2.37 bits per heavy atom. The molecule has 5 heteroatoms. The molecule has 0 aliphatic carbocycles. The molecule has 2 aromatic rings. The molecule has 0 amide bonds. The van der Waals surface area contributed by atoms with Gasteiger partial charge in [-0.15, -0.1) is 0 Å². The van der Waals surface area contributed by atoms with Gasteiger partial charge in [0.1, 0.15) is 17.5 Å². The SMILES string of the molecule is CCC(N)(c1ccc(F)cn1)c1cc(F)ccc1F. The Morgan fingerprint density at radius 2 is 1.79 bits per heavy atom. The summed E-state index contributed by atoms with van der Waals surface area (Å²) in [6, 6.07) is 5.66. The molecule has 0 spiro atoms. The normalized spacial score (nSPS) is 14.2. The lowest BCUT2D eigenvalue weighted by Crippen LogP contribution is -2.39. The first-order valence-electron chi connectivity index (χ1n) is 5.84. The van der Waals surface area contributed by atoms with E-state index in [-0.39, 0.29) is 5.56 Å². The van der Waals surface area contributed by atoms with E-state index in [1.165, 1.54) is 12.1 Å². The summed E-state index contributed by atoms with van der Waals surface area (Å²) < 4.78 is 40.0. The molecule has 1 atom stereocenters. The summed E-state index contributed by atoms with van der Waals surface area (Å²) in [6.07, 6.45) is 1.30. The highest BCUT2D eigenvalue weighted by Gasteiger charge is 2.32. The van der Waals surface area contributed by atoms with E-state index in [1.54, 1.807) is 6.92 Å². The molecule has 0 radical (unpaired) electrons. The van der Waals surface area contributed by atoms with Gasteiger partial charge in [-0.1, -0.05) is 6.92 Å². The molecule has 2 N–H and O–H groups in total. The number of hydrogen-bond donors (Lipinski definition) is 1. The first kappa shape index (κ1) is 13.5. The number of aromatic nitrogens is 1. The second-order valence-electron chi connectivity index (χ2n) is 4.31. The fourth-order valence-corrected chi connectivity index (χ4v) is 1.99. The highest BCUT2D eigenvalue weighted by molar-refractivity contribution is 5.35. The van der Waals surface area contributed by atoms with E-state index in [2.05, 4.69) is 4.98 Å².